The van der Waals surface area contributed by atoms with E-state index < -0.39 is 24.2 Å². The van der Waals surface area contributed by atoms with E-state index in [1.807, 2.05) is 18.4 Å². The molecule has 0 saturated carbocycles. The van der Waals surface area contributed by atoms with Gasteiger partial charge in [-0.2, -0.15) is 0 Å². The van der Waals surface area contributed by atoms with E-state index in [2.05, 4.69) is 37.2 Å². The fourth-order valence-electron chi connectivity index (χ4n) is 3.12. The highest BCUT2D eigenvalue weighted by molar-refractivity contribution is 9.11. The number of benzene rings is 3. The average molecular weight is 638 g/mol. The van der Waals surface area contributed by atoms with Gasteiger partial charge in [-0.1, -0.05) is 34.1 Å². The van der Waals surface area contributed by atoms with Crippen molar-refractivity contribution in [1.82, 2.24) is 5.48 Å². The summed E-state index contributed by atoms with van der Waals surface area (Å²) < 4.78 is 12.8. The predicted molar refractivity (Wildman–Crippen MR) is 145 cm³/mol. The first-order valence-electron chi connectivity index (χ1n) is 10.4. The molecular formula is C25H22Br2N2O6S. The van der Waals surface area contributed by atoms with Crippen molar-refractivity contribution in [3.05, 3.63) is 93.4 Å². The van der Waals surface area contributed by atoms with Crippen LogP contribution < -0.4 is 15.5 Å². The molecule has 0 aromatic heterocycles. The number of para-hydroxylation sites is 1. The van der Waals surface area contributed by atoms with Crippen molar-refractivity contribution in [1.29, 1.82) is 0 Å². The number of aromatic hydroxyl groups is 1. The molecule has 0 fully saturated rings. The highest BCUT2D eigenvalue weighted by Gasteiger charge is 2.31. The number of amides is 2. The van der Waals surface area contributed by atoms with Crippen LogP contribution in [0.4, 0.5) is 10.5 Å². The van der Waals surface area contributed by atoms with Crippen LogP contribution in [0.2, 0.25) is 0 Å². The quantitative estimate of drug-likeness (QED) is 0.0923. The number of phenols is 1. The molecule has 0 saturated heterocycles. The van der Waals surface area contributed by atoms with Crippen molar-refractivity contribution in [2.24, 2.45) is 0 Å². The number of carbonyl (C=O) groups is 2. The molecule has 0 spiro atoms. The van der Waals surface area contributed by atoms with Gasteiger partial charge in [0, 0.05) is 26.7 Å². The lowest BCUT2D eigenvalue weighted by Gasteiger charge is -2.27. The van der Waals surface area contributed by atoms with Crippen LogP contribution in [-0.2, 0) is 9.53 Å². The first-order valence-corrected chi connectivity index (χ1v) is 13.3. The number of halogens is 2. The summed E-state index contributed by atoms with van der Waals surface area (Å²) in [6, 6.07) is 19.1. The van der Waals surface area contributed by atoms with Crippen molar-refractivity contribution in [2.75, 3.05) is 11.6 Å². The second-order valence-corrected chi connectivity index (χ2v) is 9.89. The fraction of sp³-hybridized carbons (Fsp3) is 0.120. The average Bonchev–Trinajstić information content (AvgIpc) is 2.88. The van der Waals surface area contributed by atoms with Crippen LogP contribution in [0.15, 0.2) is 92.7 Å². The maximum Gasteiger partial charge on any atom is 0.412 e. The zero-order chi connectivity index (χ0) is 26.1. The summed E-state index contributed by atoms with van der Waals surface area (Å²) in [6.07, 6.45) is 1.19. The molecule has 2 amide bonds. The summed E-state index contributed by atoms with van der Waals surface area (Å²) in [5, 5.41) is 22.4. The molecule has 0 radical (unpaired) electrons. The summed E-state index contributed by atoms with van der Waals surface area (Å²) in [6.45, 7) is 0. The topological polar surface area (TPSA) is 117 Å². The number of ether oxygens (including phenoxy) is 2. The molecule has 11 heteroatoms. The van der Waals surface area contributed by atoms with E-state index in [1.165, 1.54) is 11.6 Å². The first kappa shape index (κ1) is 27.6. The molecule has 3 rings (SSSR count). The van der Waals surface area contributed by atoms with E-state index in [0.717, 1.165) is 11.0 Å². The number of rotatable bonds is 9. The summed E-state index contributed by atoms with van der Waals surface area (Å²) in [4.78, 5) is 25.7. The number of hydrogen-bond acceptors (Lipinski definition) is 7. The Labute approximate surface area is 228 Å². The van der Waals surface area contributed by atoms with Crippen molar-refractivity contribution >= 4 is 61.3 Å². The van der Waals surface area contributed by atoms with Crippen LogP contribution in [0.3, 0.4) is 0 Å². The Morgan fingerprint density at radius 2 is 1.75 bits per heavy atom. The minimum atomic E-state index is -1.22. The lowest BCUT2D eigenvalue weighted by Crippen LogP contribution is -2.30. The van der Waals surface area contributed by atoms with Crippen molar-refractivity contribution in [3.63, 3.8) is 0 Å². The maximum atomic E-state index is 12.9. The van der Waals surface area contributed by atoms with Gasteiger partial charge in [-0.25, -0.2) is 10.3 Å². The molecule has 2 atom stereocenters. The molecule has 0 bridgehead atoms. The van der Waals surface area contributed by atoms with Crippen molar-refractivity contribution in [3.8, 4) is 11.5 Å². The smallest absolute Gasteiger partial charge is 0.412 e. The van der Waals surface area contributed by atoms with Gasteiger partial charge in [0.2, 0.25) is 0 Å². The standard InChI is InChI=1S/C25H22Br2N2O6S/c1-36-18-9-7-16(8-10-18)28-25(32)35-24(19-13-15(26)14-20(27)23(19)31)21(11-12-22(30)29-33)34-17-5-3-2-4-6-17/h2-14,21,24,31,33H,1H3,(H,28,32)(H,29,30)/b12-11+/t21-,24-/m0/s1. The molecule has 0 heterocycles. The molecule has 0 aliphatic rings. The Morgan fingerprint density at radius 3 is 2.39 bits per heavy atom. The van der Waals surface area contributed by atoms with Crippen LogP contribution in [-0.4, -0.2) is 34.7 Å². The molecule has 4 N–H and O–H groups in total. The van der Waals surface area contributed by atoms with Gasteiger partial charge in [0.15, 0.2) is 12.2 Å². The van der Waals surface area contributed by atoms with Crippen LogP contribution in [0.5, 0.6) is 11.5 Å². The summed E-state index contributed by atoms with van der Waals surface area (Å²) in [5.41, 5.74) is 2.22. The van der Waals surface area contributed by atoms with Gasteiger partial charge in [-0.05, 0) is 76.8 Å². The van der Waals surface area contributed by atoms with Crippen LogP contribution in [0.1, 0.15) is 11.7 Å². The second-order valence-electron chi connectivity index (χ2n) is 7.24. The lowest BCUT2D eigenvalue weighted by atomic mass is 10.0. The minimum absolute atomic E-state index is 0.179. The third kappa shape index (κ3) is 7.76. The SMILES string of the molecule is CSc1ccc(NC(=O)O[C@@H](c2cc(Br)cc(Br)c2O)[C@H](/C=C/C(=O)NO)Oc2ccccc2)cc1. The van der Waals surface area contributed by atoms with Crippen LogP contribution in [0, 0.1) is 0 Å². The van der Waals surface area contributed by atoms with E-state index >= 15 is 0 Å². The number of carbonyl (C=O) groups excluding carboxylic acids is 2. The molecule has 0 aliphatic heterocycles. The summed E-state index contributed by atoms with van der Waals surface area (Å²) >= 11 is 8.25. The van der Waals surface area contributed by atoms with Crippen LogP contribution in [0.25, 0.3) is 0 Å². The Hall–Kier alpha value is -2.99. The van der Waals surface area contributed by atoms with Gasteiger partial charge in [0.1, 0.15) is 11.5 Å². The lowest BCUT2D eigenvalue weighted by molar-refractivity contribution is -0.124. The maximum absolute atomic E-state index is 12.9. The van der Waals surface area contributed by atoms with E-state index in [-0.39, 0.29) is 11.3 Å². The molecule has 0 aliphatic carbocycles. The van der Waals surface area contributed by atoms with Gasteiger partial charge in [0.25, 0.3) is 5.91 Å². The van der Waals surface area contributed by atoms with Gasteiger partial charge < -0.3 is 14.6 Å². The molecule has 3 aromatic carbocycles. The summed E-state index contributed by atoms with van der Waals surface area (Å²) in [5.74, 6) is -0.567. The van der Waals surface area contributed by atoms with E-state index in [4.69, 9.17) is 14.7 Å². The van der Waals surface area contributed by atoms with Gasteiger partial charge in [0.05, 0.1) is 4.47 Å². The first-order chi connectivity index (χ1) is 17.3. The highest BCUT2D eigenvalue weighted by atomic mass is 79.9. The Morgan fingerprint density at radius 1 is 1.06 bits per heavy atom. The van der Waals surface area contributed by atoms with E-state index in [9.17, 15) is 14.7 Å². The Kier molecular flexibility index (Phi) is 10.2. The molecular weight excluding hydrogens is 616 g/mol. The number of thioether (sulfide) groups is 1. The second kappa shape index (κ2) is 13.4. The zero-order valence-electron chi connectivity index (χ0n) is 18.9. The molecule has 36 heavy (non-hydrogen) atoms. The molecule has 0 unspecified atom stereocenters. The van der Waals surface area contributed by atoms with Gasteiger partial charge in [-0.3, -0.25) is 15.3 Å². The Bertz CT molecular complexity index is 1230. The fourth-order valence-corrected chi connectivity index (χ4v) is 4.79. The monoisotopic (exact) mass is 636 g/mol. The van der Waals surface area contributed by atoms with Crippen molar-refractivity contribution in [2.45, 2.75) is 17.1 Å². The van der Waals surface area contributed by atoms with E-state index in [1.54, 1.807) is 66.4 Å². The zero-order valence-corrected chi connectivity index (χ0v) is 22.8. The molecule has 8 nitrogen and oxygen atoms in total. The third-order valence-corrected chi connectivity index (χ3v) is 6.60. The number of anilines is 1. The largest absolute Gasteiger partial charge is 0.506 e. The third-order valence-electron chi connectivity index (χ3n) is 4.80. The van der Waals surface area contributed by atoms with Gasteiger partial charge >= 0.3 is 6.09 Å². The number of nitrogens with one attached hydrogen (secondary N) is 2. The van der Waals surface area contributed by atoms with Gasteiger partial charge in [-0.15, -0.1) is 11.8 Å². The van der Waals surface area contributed by atoms with Crippen LogP contribution >= 0.6 is 43.6 Å². The summed E-state index contributed by atoms with van der Waals surface area (Å²) in [7, 11) is 0. The van der Waals surface area contributed by atoms with E-state index in [0.29, 0.717) is 20.4 Å². The molecule has 188 valence electrons. The molecule has 3 aromatic rings. The predicted octanol–water partition coefficient (Wildman–Crippen LogP) is 6.44. The number of hydroxylamine groups is 1. The number of hydrogen-bond donors (Lipinski definition) is 4. The minimum Gasteiger partial charge on any atom is -0.506 e. The number of phenolic OH excluding ortho intramolecular Hbond substituents is 1. The Balaban J connectivity index is 2.00. The normalized spacial score (nSPS) is 12.6. The van der Waals surface area contributed by atoms with Crippen molar-refractivity contribution < 1.29 is 29.4 Å². The highest BCUT2D eigenvalue weighted by Crippen LogP contribution is 2.39.